The summed E-state index contributed by atoms with van der Waals surface area (Å²) < 4.78 is 0. The highest BCUT2D eigenvalue weighted by Crippen LogP contribution is 2.16. The van der Waals surface area contributed by atoms with Crippen LogP contribution < -0.4 is 5.32 Å². The van der Waals surface area contributed by atoms with Crippen LogP contribution in [0.5, 0.6) is 0 Å². The Morgan fingerprint density at radius 2 is 1.81 bits per heavy atom. The third-order valence-corrected chi connectivity index (χ3v) is 4.75. The maximum absolute atomic E-state index is 4.45. The van der Waals surface area contributed by atoms with Crippen molar-refractivity contribution in [1.29, 1.82) is 0 Å². The lowest BCUT2D eigenvalue weighted by Crippen LogP contribution is -2.48. The van der Waals surface area contributed by atoms with Crippen molar-refractivity contribution in [3.63, 3.8) is 0 Å². The summed E-state index contributed by atoms with van der Waals surface area (Å²) in [5.41, 5.74) is 0. The standard InChI is InChI=1S/C16H32N4.HI/c1-14-6-10-20(11-7-14)16(17-3)18-8-12-19-9-4-5-15(2)13-19;/h14-15H,4-13H2,1-3H3,(H,17,18);1H. The van der Waals surface area contributed by atoms with Crippen molar-refractivity contribution in [2.75, 3.05) is 46.3 Å². The first-order valence-electron chi connectivity index (χ1n) is 8.37. The highest BCUT2D eigenvalue weighted by atomic mass is 127. The smallest absolute Gasteiger partial charge is 0.193 e. The number of rotatable bonds is 3. The number of aliphatic imine (C=N–C) groups is 1. The van der Waals surface area contributed by atoms with Gasteiger partial charge in [0.1, 0.15) is 0 Å². The van der Waals surface area contributed by atoms with Gasteiger partial charge in [0.15, 0.2) is 5.96 Å². The fourth-order valence-corrected chi connectivity index (χ4v) is 3.37. The van der Waals surface area contributed by atoms with E-state index in [-0.39, 0.29) is 24.0 Å². The normalized spacial score (nSPS) is 25.6. The molecule has 0 amide bonds. The minimum absolute atomic E-state index is 0. The summed E-state index contributed by atoms with van der Waals surface area (Å²) in [5.74, 6) is 2.84. The van der Waals surface area contributed by atoms with Crippen molar-refractivity contribution in [1.82, 2.24) is 15.1 Å². The summed E-state index contributed by atoms with van der Waals surface area (Å²) in [4.78, 5) is 9.45. The maximum Gasteiger partial charge on any atom is 0.193 e. The second kappa shape index (κ2) is 9.87. The molecule has 0 bridgehead atoms. The molecule has 2 aliphatic rings. The van der Waals surface area contributed by atoms with Gasteiger partial charge in [0.25, 0.3) is 0 Å². The molecule has 1 N–H and O–H groups in total. The predicted octanol–water partition coefficient (Wildman–Crippen LogP) is 2.64. The van der Waals surface area contributed by atoms with Gasteiger partial charge < -0.3 is 15.1 Å². The van der Waals surface area contributed by atoms with Gasteiger partial charge in [-0.3, -0.25) is 4.99 Å². The molecule has 2 fully saturated rings. The van der Waals surface area contributed by atoms with Gasteiger partial charge in [-0.05, 0) is 44.1 Å². The van der Waals surface area contributed by atoms with E-state index in [1.807, 2.05) is 7.05 Å². The third kappa shape index (κ3) is 6.30. The summed E-state index contributed by atoms with van der Waals surface area (Å²) in [6.07, 6.45) is 5.35. The van der Waals surface area contributed by atoms with Crippen LogP contribution in [0.2, 0.25) is 0 Å². The lowest BCUT2D eigenvalue weighted by molar-refractivity contribution is 0.186. The Kier molecular flexibility index (Phi) is 8.94. The number of nitrogens with zero attached hydrogens (tertiary/aromatic N) is 3. The van der Waals surface area contributed by atoms with E-state index in [0.29, 0.717) is 0 Å². The molecule has 0 aliphatic carbocycles. The fraction of sp³-hybridized carbons (Fsp3) is 0.938. The number of hydrogen-bond donors (Lipinski definition) is 1. The minimum atomic E-state index is 0. The number of halogens is 1. The van der Waals surface area contributed by atoms with E-state index in [4.69, 9.17) is 0 Å². The van der Waals surface area contributed by atoms with Crippen LogP contribution in [0, 0.1) is 11.8 Å². The van der Waals surface area contributed by atoms with E-state index in [1.165, 1.54) is 38.8 Å². The molecule has 4 nitrogen and oxygen atoms in total. The third-order valence-electron chi connectivity index (χ3n) is 4.75. The lowest BCUT2D eigenvalue weighted by atomic mass is 9.99. The molecule has 1 unspecified atom stereocenters. The van der Waals surface area contributed by atoms with Crippen molar-refractivity contribution in [2.24, 2.45) is 16.8 Å². The Labute approximate surface area is 147 Å². The molecule has 124 valence electrons. The van der Waals surface area contributed by atoms with Gasteiger partial charge in [-0.2, -0.15) is 0 Å². The first kappa shape index (κ1) is 19.0. The Balaban J connectivity index is 0.00000220. The first-order chi connectivity index (χ1) is 9.69. The molecule has 21 heavy (non-hydrogen) atoms. The molecule has 2 saturated heterocycles. The largest absolute Gasteiger partial charge is 0.355 e. The van der Waals surface area contributed by atoms with Crippen LogP contribution in [0.1, 0.15) is 39.5 Å². The van der Waals surface area contributed by atoms with Gasteiger partial charge in [0.05, 0.1) is 0 Å². The van der Waals surface area contributed by atoms with Gasteiger partial charge in [-0.15, -0.1) is 24.0 Å². The minimum Gasteiger partial charge on any atom is -0.355 e. The zero-order valence-corrected chi connectivity index (χ0v) is 16.3. The molecule has 0 aromatic rings. The van der Waals surface area contributed by atoms with Crippen LogP contribution in [0.4, 0.5) is 0 Å². The van der Waals surface area contributed by atoms with E-state index in [1.54, 1.807) is 0 Å². The van der Waals surface area contributed by atoms with E-state index in [0.717, 1.165) is 44.0 Å². The van der Waals surface area contributed by atoms with Crippen molar-refractivity contribution < 1.29 is 0 Å². The molecular formula is C16H33IN4. The molecule has 1 atom stereocenters. The Hall–Kier alpha value is -0.0400. The molecular weight excluding hydrogens is 375 g/mol. The quantitative estimate of drug-likeness (QED) is 0.443. The van der Waals surface area contributed by atoms with Crippen molar-refractivity contribution >= 4 is 29.9 Å². The maximum atomic E-state index is 4.45. The molecule has 0 spiro atoms. The Morgan fingerprint density at radius 3 is 2.43 bits per heavy atom. The van der Waals surface area contributed by atoms with E-state index < -0.39 is 0 Å². The average Bonchev–Trinajstić information content (AvgIpc) is 2.45. The van der Waals surface area contributed by atoms with Crippen molar-refractivity contribution in [2.45, 2.75) is 39.5 Å². The lowest BCUT2D eigenvalue weighted by Gasteiger charge is -2.34. The van der Waals surface area contributed by atoms with Crippen molar-refractivity contribution in [3.05, 3.63) is 0 Å². The summed E-state index contributed by atoms with van der Waals surface area (Å²) >= 11 is 0. The number of hydrogen-bond acceptors (Lipinski definition) is 2. The molecule has 2 rings (SSSR count). The molecule has 0 aromatic carbocycles. The summed E-state index contributed by atoms with van der Waals surface area (Å²) in [6.45, 7) is 11.7. The van der Waals surface area contributed by atoms with Crippen LogP contribution in [0.25, 0.3) is 0 Å². The summed E-state index contributed by atoms with van der Waals surface area (Å²) in [6, 6.07) is 0. The van der Waals surface area contributed by atoms with Gasteiger partial charge >= 0.3 is 0 Å². The highest BCUT2D eigenvalue weighted by Gasteiger charge is 2.19. The predicted molar refractivity (Wildman–Crippen MR) is 102 cm³/mol. The van der Waals surface area contributed by atoms with Crippen LogP contribution >= 0.6 is 24.0 Å². The molecule has 0 radical (unpaired) electrons. The van der Waals surface area contributed by atoms with Crippen LogP contribution in [0.15, 0.2) is 4.99 Å². The second-order valence-corrected chi connectivity index (χ2v) is 6.69. The van der Waals surface area contributed by atoms with Crippen molar-refractivity contribution in [3.8, 4) is 0 Å². The fourth-order valence-electron chi connectivity index (χ4n) is 3.37. The zero-order chi connectivity index (χ0) is 14.4. The number of nitrogens with one attached hydrogen (secondary N) is 1. The second-order valence-electron chi connectivity index (χ2n) is 6.69. The molecule has 0 aromatic heterocycles. The molecule has 5 heteroatoms. The van der Waals surface area contributed by atoms with E-state index >= 15 is 0 Å². The average molecular weight is 408 g/mol. The van der Waals surface area contributed by atoms with Gasteiger partial charge in [0.2, 0.25) is 0 Å². The van der Waals surface area contributed by atoms with Crippen LogP contribution in [-0.2, 0) is 0 Å². The Bertz CT molecular complexity index is 313. The van der Waals surface area contributed by atoms with Gasteiger partial charge in [-0.25, -0.2) is 0 Å². The Morgan fingerprint density at radius 1 is 1.10 bits per heavy atom. The van der Waals surface area contributed by atoms with E-state index in [2.05, 4.69) is 34.0 Å². The highest BCUT2D eigenvalue weighted by molar-refractivity contribution is 14.0. The number of piperidine rings is 2. The SMILES string of the molecule is CN=C(NCCN1CCCC(C)C1)N1CCC(C)CC1.I. The summed E-state index contributed by atoms with van der Waals surface area (Å²) in [7, 11) is 1.91. The van der Waals surface area contributed by atoms with Crippen LogP contribution in [0.3, 0.4) is 0 Å². The first-order valence-corrected chi connectivity index (χ1v) is 8.37. The topological polar surface area (TPSA) is 30.9 Å². The van der Waals surface area contributed by atoms with E-state index in [9.17, 15) is 0 Å². The monoisotopic (exact) mass is 408 g/mol. The van der Waals surface area contributed by atoms with Gasteiger partial charge in [-0.1, -0.05) is 13.8 Å². The van der Waals surface area contributed by atoms with Crippen LogP contribution in [-0.4, -0.2) is 62.1 Å². The molecule has 2 heterocycles. The van der Waals surface area contributed by atoms with Gasteiger partial charge in [0, 0.05) is 39.8 Å². The zero-order valence-electron chi connectivity index (χ0n) is 14.0. The number of guanidine groups is 1. The summed E-state index contributed by atoms with van der Waals surface area (Å²) in [5, 5.41) is 3.55. The molecule has 0 saturated carbocycles. The number of likely N-dealkylation sites (tertiary alicyclic amines) is 2. The molecule has 2 aliphatic heterocycles.